The molecule has 0 N–H and O–H groups in total. The standard InChI is InChI=1S/C31H30F2N2O3S/c1-2-37-28-18-21(15-16-27(28)38-20-22-9-8-10-23(32)17-22)19-29-30(36)35(24-11-4-3-5-12-24)31(39-29)34-26-14-7-6-13-25(26)33/h6-10,13-19,24H,2-5,11-12,20H2,1H3/b29-19-,34-31?. The highest BCUT2D eigenvalue weighted by molar-refractivity contribution is 8.18. The maximum absolute atomic E-state index is 14.4. The molecule has 5 rings (SSSR count). The van der Waals surface area contributed by atoms with Crippen molar-refractivity contribution in [3.63, 3.8) is 0 Å². The molecule has 0 bridgehead atoms. The fraction of sp³-hybridized carbons (Fsp3) is 0.290. The van der Waals surface area contributed by atoms with Crippen molar-refractivity contribution in [1.29, 1.82) is 0 Å². The second-order valence-corrected chi connectivity index (χ2v) is 10.5. The largest absolute Gasteiger partial charge is 0.490 e. The van der Waals surface area contributed by atoms with E-state index in [0.29, 0.717) is 33.7 Å². The molecule has 1 aliphatic heterocycles. The van der Waals surface area contributed by atoms with Crippen molar-refractivity contribution in [3.8, 4) is 11.5 Å². The molecule has 0 atom stereocenters. The van der Waals surface area contributed by atoms with Gasteiger partial charge in [-0.1, -0.05) is 49.6 Å². The molecule has 3 aromatic rings. The molecule has 202 valence electrons. The molecule has 1 heterocycles. The monoisotopic (exact) mass is 548 g/mol. The van der Waals surface area contributed by atoms with Crippen molar-refractivity contribution in [2.75, 3.05) is 6.61 Å². The maximum Gasteiger partial charge on any atom is 0.267 e. The number of carbonyl (C=O) groups is 1. The van der Waals surface area contributed by atoms with Gasteiger partial charge in [-0.15, -0.1) is 0 Å². The first-order valence-corrected chi connectivity index (χ1v) is 14.0. The quantitative estimate of drug-likeness (QED) is 0.269. The summed E-state index contributed by atoms with van der Waals surface area (Å²) in [4.78, 5) is 20.5. The average Bonchev–Trinajstić information content (AvgIpc) is 3.24. The van der Waals surface area contributed by atoms with Crippen LogP contribution in [-0.4, -0.2) is 28.6 Å². The van der Waals surface area contributed by atoms with Gasteiger partial charge in [-0.25, -0.2) is 13.8 Å². The van der Waals surface area contributed by atoms with E-state index in [1.165, 1.54) is 30.0 Å². The number of thioether (sulfide) groups is 1. The van der Waals surface area contributed by atoms with E-state index in [1.807, 2.05) is 25.1 Å². The normalized spacial score (nSPS) is 18.2. The molecular weight excluding hydrogens is 518 g/mol. The summed E-state index contributed by atoms with van der Waals surface area (Å²) in [5.41, 5.74) is 1.69. The molecule has 2 aliphatic rings. The highest BCUT2D eigenvalue weighted by Crippen LogP contribution is 2.39. The van der Waals surface area contributed by atoms with E-state index in [0.717, 1.165) is 37.7 Å². The van der Waals surface area contributed by atoms with Crippen LogP contribution < -0.4 is 9.47 Å². The smallest absolute Gasteiger partial charge is 0.267 e. The van der Waals surface area contributed by atoms with E-state index in [4.69, 9.17) is 9.47 Å². The summed E-state index contributed by atoms with van der Waals surface area (Å²) in [5.74, 6) is 0.199. The topological polar surface area (TPSA) is 51.1 Å². The van der Waals surface area contributed by atoms with Crippen LogP contribution in [0.3, 0.4) is 0 Å². The molecule has 5 nitrogen and oxygen atoms in total. The van der Waals surface area contributed by atoms with Crippen LogP contribution in [0.1, 0.15) is 50.2 Å². The third-order valence-electron chi connectivity index (χ3n) is 6.69. The number of halogens is 2. The van der Waals surface area contributed by atoms with Gasteiger partial charge in [-0.2, -0.15) is 0 Å². The summed E-state index contributed by atoms with van der Waals surface area (Å²) in [6, 6.07) is 18.1. The van der Waals surface area contributed by atoms with Crippen molar-refractivity contribution in [2.24, 2.45) is 4.99 Å². The number of carbonyl (C=O) groups excluding carboxylic acids is 1. The zero-order chi connectivity index (χ0) is 27.2. The second kappa shape index (κ2) is 12.5. The predicted octanol–water partition coefficient (Wildman–Crippen LogP) is 7.88. The van der Waals surface area contributed by atoms with E-state index in [9.17, 15) is 13.6 Å². The van der Waals surface area contributed by atoms with Gasteiger partial charge in [0.15, 0.2) is 16.7 Å². The summed E-state index contributed by atoms with van der Waals surface area (Å²) in [7, 11) is 0. The summed E-state index contributed by atoms with van der Waals surface area (Å²) in [6.45, 7) is 2.50. The average molecular weight is 549 g/mol. The Morgan fingerprint density at radius 1 is 0.974 bits per heavy atom. The third kappa shape index (κ3) is 6.50. The molecular formula is C31H30F2N2O3S. The number of hydrogen-bond donors (Lipinski definition) is 0. The molecule has 2 fully saturated rings. The second-order valence-electron chi connectivity index (χ2n) is 9.48. The van der Waals surface area contributed by atoms with Gasteiger partial charge < -0.3 is 9.47 Å². The molecule has 39 heavy (non-hydrogen) atoms. The van der Waals surface area contributed by atoms with Crippen LogP contribution in [0.25, 0.3) is 6.08 Å². The number of amides is 1. The fourth-order valence-electron chi connectivity index (χ4n) is 4.81. The van der Waals surface area contributed by atoms with Crippen molar-refractivity contribution in [2.45, 2.75) is 51.7 Å². The van der Waals surface area contributed by atoms with Crippen LogP contribution in [0.2, 0.25) is 0 Å². The van der Waals surface area contributed by atoms with Crippen LogP contribution >= 0.6 is 11.8 Å². The minimum absolute atomic E-state index is 0.0489. The molecule has 1 saturated heterocycles. The lowest BCUT2D eigenvalue weighted by Gasteiger charge is -2.30. The Kier molecular flexibility index (Phi) is 8.61. The van der Waals surface area contributed by atoms with Crippen molar-refractivity contribution < 1.29 is 23.0 Å². The Hall–Kier alpha value is -3.65. The zero-order valence-electron chi connectivity index (χ0n) is 21.7. The Labute approximate surface area is 231 Å². The number of nitrogens with zero attached hydrogens (tertiary/aromatic N) is 2. The molecule has 3 aromatic carbocycles. The van der Waals surface area contributed by atoms with Crippen LogP contribution in [0, 0.1) is 11.6 Å². The third-order valence-corrected chi connectivity index (χ3v) is 7.68. The number of hydrogen-bond acceptors (Lipinski definition) is 5. The highest BCUT2D eigenvalue weighted by Gasteiger charge is 2.38. The first-order valence-electron chi connectivity index (χ1n) is 13.2. The van der Waals surface area contributed by atoms with E-state index in [2.05, 4.69) is 4.99 Å². The molecule has 1 aliphatic carbocycles. The van der Waals surface area contributed by atoms with E-state index >= 15 is 0 Å². The summed E-state index contributed by atoms with van der Waals surface area (Å²) in [6.07, 6.45) is 6.89. The number of benzene rings is 3. The number of rotatable bonds is 8. The van der Waals surface area contributed by atoms with Gasteiger partial charge in [0.25, 0.3) is 5.91 Å². The lowest BCUT2D eigenvalue weighted by molar-refractivity contribution is -0.124. The van der Waals surface area contributed by atoms with Gasteiger partial charge in [-0.05, 0) is 85.1 Å². The van der Waals surface area contributed by atoms with Crippen LogP contribution in [0.5, 0.6) is 11.5 Å². The van der Waals surface area contributed by atoms with Crippen LogP contribution in [0.4, 0.5) is 14.5 Å². The first-order chi connectivity index (χ1) is 19.0. The zero-order valence-corrected chi connectivity index (χ0v) is 22.6. The molecule has 0 aromatic heterocycles. The van der Waals surface area contributed by atoms with E-state index in [-0.39, 0.29) is 30.1 Å². The lowest BCUT2D eigenvalue weighted by Crippen LogP contribution is -2.40. The van der Waals surface area contributed by atoms with Crippen molar-refractivity contribution in [3.05, 3.63) is 94.4 Å². The molecule has 1 saturated carbocycles. The number of aliphatic imine (C=N–C) groups is 1. The number of ether oxygens (including phenoxy) is 2. The van der Waals surface area contributed by atoms with Crippen molar-refractivity contribution in [1.82, 2.24) is 4.90 Å². The molecule has 0 unspecified atom stereocenters. The SMILES string of the molecule is CCOc1cc(/C=C2\SC(=Nc3ccccc3F)N(C3CCCCC3)C2=O)ccc1OCc1cccc(F)c1. The van der Waals surface area contributed by atoms with Crippen molar-refractivity contribution >= 4 is 34.6 Å². The van der Waals surface area contributed by atoms with E-state index in [1.54, 1.807) is 41.3 Å². The van der Waals surface area contributed by atoms with Crippen LogP contribution in [0.15, 0.2) is 76.6 Å². The Morgan fingerprint density at radius 2 is 1.79 bits per heavy atom. The highest BCUT2D eigenvalue weighted by atomic mass is 32.2. The maximum atomic E-state index is 14.4. The Balaban J connectivity index is 1.42. The number of amidine groups is 1. The van der Waals surface area contributed by atoms with Gasteiger partial charge >= 0.3 is 0 Å². The summed E-state index contributed by atoms with van der Waals surface area (Å²) >= 11 is 1.26. The van der Waals surface area contributed by atoms with Gasteiger partial charge in [-0.3, -0.25) is 9.69 Å². The molecule has 1 amide bonds. The minimum atomic E-state index is -0.422. The predicted molar refractivity (Wildman–Crippen MR) is 151 cm³/mol. The number of para-hydroxylation sites is 1. The van der Waals surface area contributed by atoms with Gasteiger partial charge in [0, 0.05) is 6.04 Å². The van der Waals surface area contributed by atoms with Gasteiger partial charge in [0.2, 0.25) is 0 Å². The van der Waals surface area contributed by atoms with Gasteiger partial charge in [0.1, 0.15) is 23.9 Å². The summed E-state index contributed by atoms with van der Waals surface area (Å²) < 4.78 is 39.7. The minimum Gasteiger partial charge on any atom is -0.490 e. The molecule has 0 radical (unpaired) electrons. The first kappa shape index (κ1) is 26.9. The fourth-order valence-corrected chi connectivity index (χ4v) is 5.86. The molecule has 0 spiro atoms. The Morgan fingerprint density at radius 3 is 2.56 bits per heavy atom. The summed E-state index contributed by atoms with van der Waals surface area (Å²) in [5, 5.41) is 0.503. The lowest BCUT2D eigenvalue weighted by atomic mass is 9.94. The Bertz CT molecular complexity index is 1400. The van der Waals surface area contributed by atoms with Gasteiger partial charge in [0.05, 0.1) is 11.5 Å². The van der Waals surface area contributed by atoms with E-state index < -0.39 is 5.82 Å². The molecule has 8 heteroatoms. The van der Waals surface area contributed by atoms with Crippen LogP contribution in [-0.2, 0) is 11.4 Å².